The van der Waals surface area contributed by atoms with E-state index in [9.17, 15) is 22.0 Å². The van der Waals surface area contributed by atoms with Crippen LogP contribution >= 0.6 is 0 Å². The molecule has 0 radical (unpaired) electrons. The van der Waals surface area contributed by atoms with Gasteiger partial charge in [0.15, 0.2) is 6.61 Å². The number of hydrogen-bond acceptors (Lipinski definition) is 4. The van der Waals surface area contributed by atoms with E-state index in [-0.39, 0.29) is 16.3 Å². The fraction of sp³-hybridized carbons (Fsp3) is 0.278. The first kappa shape index (κ1) is 20.8. The molecule has 2 aromatic rings. The van der Waals surface area contributed by atoms with E-state index in [0.29, 0.717) is 13.1 Å². The molecule has 6 nitrogen and oxygen atoms in total. The Labute approximate surface area is 156 Å². The summed E-state index contributed by atoms with van der Waals surface area (Å²) < 4.78 is 57.9. The van der Waals surface area contributed by atoms with E-state index in [0.717, 1.165) is 18.2 Å². The van der Waals surface area contributed by atoms with Gasteiger partial charge in [-0.25, -0.2) is 17.2 Å². The first-order chi connectivity index (χ1) is 12.8. The number of benzene rings is 2. The van der Waals surface area contributed by atoms with Crippen LogP contribution in [0.1, 0.15) is 13.8 Å². The average molecular weight is 398 g/mol. The topological polar surface area (TPSA) is 75.7 Å². The summed E-state index contributed by atoms with van der Waals surface area (Å²) in [5.74, 6) is -1.86. The predicted octanol–water partition coefficient (Wildman–Crippen LogP) is 3.01. The van der Waals surface area contributed by atoms with Gasteiger partial charge in [0, 0.05) is 19.2 Å². The van der Waals surface area contributed by atoms with Crippen LogP contribution in [0.25, 0.3) is 0 Å². The lowest BCUT2D eigenvalue weighted by Gasteiger charge is -2.18. The van der Waals surface area contributed by atoms with Crippen molar-refractivity contribution in [2.45, 2.75) is 18.7 Å². The fourth-order valence-electron chi connectivity index (χ4n) is 2.35. The van der Waals surface area contributed by atoms with Gasteiger partial charge in [-0.2, -0.15) is 4.31 Å². The summed E-state index contributed by atoms with van der Waals surface area (Å²) >= 11 is 0. The molecule has 27 heavy (non-hydrogen) atoms. The molecule has 0 heterocycles. The standard InChI is InChI=1S/C18H20F2N2O4S/c1-3-22(4-2)27(24,25)15-8-6-14(7-9-15)26-12-18(23)21-17-11-13(19)5-10-16(17)20/h5-11H,3-4,12H2,1-2H3,(H,21,23). The Hall–Kier alpha value is -2.52. The number of amides is 1. The monoisotopic (exact) mass is 398 g/mol. The van der Waals surface area contributed by atoms with Crippen LogP contribution in [0.2, 0.25) is 0 Å². The third-order valence-corrected chi connectivity index (χ3v) is 5.80. The van der Waals surface area contributed by atoms with E-state index in [4.69, 9.17) is 4.74 Å². The molecule has 0 aliphatic heterocycles. The number of carbonyl (C=O) groups is 1. The van der Waals surface area contributed by atoms with Crippen molar-refractivity contribution >= 4 is 21.6 Å². The van der Waals surface area contributed by atoms with Crippen molar-refractivity contribution in [2.24, 2.45) is 0 Å². The number of hydrogen-bond donors (Lipinski definition) is 1. The molecular formula is C18H20F2N2O4S. The third-order valence-electron chi connectivity index (χ3n) is 3.74. The SMILES string of the molecule is CCN(CC)S(=O)(=O)c1ccc(OCC(=O)Nc2cc(F)ccc2F)cc1. The Morgan fingerprint density at radius 1 is 1.07 bits per heavy atom. The number of sulfonamides is 1. The summed E-state index contributed by atoms with van der Waals surface area (Å²) in [6, 6.07) is 8.31. The highest BCUT2D eigenvalue weighted by Crippen LogP contribution is 2.20. The van der Waals surface area contributed by atoms with Gasteiger partial charge in [-0.15, -0.1) is 0 Å². The summed E-state index contributed by atoms with van der Waals surface area (Å²) in [4.78, 5) is 11.9. The van der Waals surface area contributed by atoms with Crippen molar-refractivity contribution in [3.63, 3.8) is 0 Å². The highest BCUT2D eigenvalue weighted by Gasteiger charge is 2.21. The summed E-state index contributed by atoms with van der Waals surface area (Å²) in [7, 11) is -3.58. The maximum Gasteiger partial charge on any atom is 0.262 e. The lowest BCUT2D eigenvalue weighted by molar-refractivity contribution is -0.118. The van der Waals surface area contributed by atoms with Gasteiger partial charge in [0.05, 0.1) is 10.6 Å². The Morgan fingerprint density at radius 3 is 2.30 bits per heavy atom. The maximum atomic E-state index is 13.5. The lowest BCUT2D eigenvalue weighted by atomic mass is 10.3. The van der Waals surface area contributed by atoms with Gasteiger partial charge in [-0.1, -0.05) is 13.8 Å². The van der Waals surface area contributed by atoms with Crippen LogP contribution < -0.4 is 10.1 Å². The van der Waals surface area contributed by atoms with Crippen molar-refractivity contribution in [1.82, 2.24) is 4.31 Å². The largest absolute Gasteiger partial charge is 0.484 e. The number of rotatable bonds is 8. The van der Waals surface area contributed by atoms with Gasteiger partial charge in [0.1, 0.15) is 17.4 Å². The summed E-state index contributed by atoms with van der Waals surface area (Å²) in [6.07, 6.45) is 0. The van der Waals surface area contributed by atoms with E-state index < -0.39 is 34.2 Å². The van der Waals surface area contributed by atoms with Crippen LogP contribution in [0.5, 0.6) is 5.75 Å². The van der Waals surface area contributed by atoms with Crippen LogP contribution in [0.15, 0.2) is 47.4 Å². The Morgan fingerprint density at radius 2 is 1.70 bits per heavy atom. The lowest BCUT2D eigenvalue weighted by Crippen LogP contribution is -2.30. The van der Waals surface area contributed by atoms with Crippen molar-refractivity contribution < 1.29 is 26.7 Å². The van der Waals surface area contributed by atoms with Crippen LogP contribution in [-0.4, -0.2) is 38.3 Å². The molecule has 0 aromatic heterocycles. The summed E-state index contributed by atoms with van der Waals surface area (Å²) in [6.45, 7) is 3.76. The number of halogens is 2. The molecule has 0 unspecified atom stereocenters. The molecule has 1 N–H and O–H groups in total. The minimum absolute atomic E-state index is 0.116. The Balaban J connectivity index is 1.99. The van der Waals surface area contributed by atoms with E-state index >= 15 is 0 Å². The maximum absolute atomic E-state index is 13.5. The van der Waals surface area contributed by atoms with Crippen LogP contribution in [-0.2, 0) is 14.8 Å². The third kappa shape index (κ3) is 5.24. The van der Waals surface area contributed by atoms with Gasteiger partial charge in [-0.05, 0) is 36.4 Å². The Bertz CT molecular complexity index is 898. The first-order valence-corrected chi connectivity index (χ1v) is 9.69. The number of anilines is 1. The molecule has 0 saturated carbocycles. The molecular weight excluding hydrogens is 378 g/mol. The highest BCUT2D eigenvalue weighted by atomic mass is 32.2. The first-order valence-electron chi connectivity index (χ1n) is 8.25. The number of nitrogens with zero attached hydrogens (tertiary/aromatic N) is 1. The van der Waals surface area contributed by atoms with Gasteiger partial charge in [0.2, 0.25) is 10.0 Å². The second kappa shape index (κ2) is 8.92. The Kier molecular flexibility index (Phi) is 6.86. The molecule has 2 aromatic carbocycles. The molecule has 0 fully saturated rings. The second-order valence-electron chi connectivity index (χ2n) is 5.52. The molecule has 0 saturated heterocycles. The van der Waals surface area contributed by atoms with Gasteiger partial charge in [0.25, 0.3) is 5.91 Å². The number of carbonyl (C=O) groups excluding carboxylic acids is 1. The summed E-state index contributed by atoms with van der Waals surface area (Å²) in [5.41, 5.74) is -0.288. The zero-order valence-corrected chi connectivity index (χ0v) is 15.7. The van der Waals surface area contributed by atoms with E-state index in [1.165, 1.54) is 28.6 Å². The van der Waals surface area contributed by atoms with Crippen LogP contribution in [0.3, 0.4) is 0 Å². The van der Waals surface area contributed by atoms with Crippen molar-refractivity contribution in [1.29, 1.82) is 0 Å². The van der Waals surface area contributed by atoms with Gasteiger partial charge < -0.3 is 10.1 Å². The molecule has 0 bridgehead atoms. The minimum atomic E-state index is -3.58. The molecule has 1 amide bonds. The van der Waals surface area contributed by atoms with E-state index in [2.05, 4.69) is 5.32 Å². The van der Waals surface area contributed by atoms with Crippen molar-refractivity contribution in [2.75, 3.05) is 25.0 Å². The van der Waals surface area contributed by atoms with Crippen molar-refractivity contribution in [3.8, 4) is 5.75 Å². The zero-order valence-electron chi connectivity index (χ0n) is 14.9. The minimum Gasteiger partial charge on any atom is -0.484 e. The van der Waals surface area contributed by atoms with E-state index in [1.807, 2.05) is 0 Å². The molecule has 0 atom stereocenters. The number of nitrogens with one attached hydrogen (secondary N) is 1. The summed E-state index contributed by atoms with van der Waals surface area (Å²) in [5, 5.41) is 2.21. The van der Waals surface area contributed by atoms with Gasteiger partial charge >= 0.3 is 0 Å². The molecule has 146 valence electrons. The fourth-order valence-corrected chi connectivity index (χ4v) is 3.81. The van der Waals surface area contributed by atoms with Crippen LogP contribution in [0, 0.1) is 11.6 Å². The van der Waals surface area contributed by atoms with Gasteiger partial charge in [-0.3, -0.25) is 4.79 Å². The molecule has 0 aliphatic carbocycles. The number of ether oxygens (including phenoxy) is 1. The predicted molar refractivity (Wildman–Crippen MR) is 97.0 cm³/mol. The quantitative estimate of drug-likeness (QED) is 0.742. The average Bonchev–Trinajstić information content (AvgIpc) is 2.64. The molecule has 0 spiro atoms. The normalized spacial score (nSPS) is 11.4. The highest BCUT2D eigenvalue weighted by molar-refractivity contribution is 7.89. The van der Waals surface area contributed by atoms with Crippen LogP contribution in [0.4, 0.5) is 14.5 Å². The van der Waals surface area contributed by atoms with E-state index in [1.54, 1.807) is 13.8 Å². The molecule has 2 rings (SSSR count). The molecule has 9 heteroatoms. The zero-order chi connectivity index (χ0) is 20.0. The smallest absolute Gasteiger partial charge is 0.262 e. The molecule has 0 aliphatic rings. The second-order valence-corrected chi connectivity index (χ2v) is 7.46. The van der Waals surface area contributed by atoms with Crippen molar-refractivity contribution in [3.05, 3.63) is 54.1 Å².